The topological polar surface area (TPSA) is 46.9 Å². The molecular formula is C15H17Cl2N3O. The van der Waals surface area contributed by atoms with Crippen molar-refractivity contribution in [3.8, 4) is 0 Å². The van der Waals surface area contributed by atoms with Gasteiger partial charge in [-0.3, -0.25) is 9.48 Å². The molecule has 1 aromatic carbocycles. The molecule has 6 heteroatoms. The van der Waals surface area contributed by atoms with Crippen molar-refractivity contribution in [3.63, 3.8) is 0 Å². The van der Waals surface area contributed by atoms with E-state index < -0.39 is 0 Å². The predicted molar refractivity (Wildman–Crippen MR) is 86.1 cm³/mol. The maximum absolute atomic E-state index is 12.1. The molecule has 21 heavy (non-hydrogen) atoms. The van der Waals surface area contributed by atoms with Gasteiger partial charge in [-0.15, -0.1) is 0 Å². The Kier molecular flexibility index (Phi) is 4.91. The molecule has 0 bridgehead atoms. The molecule has 0 aliphatic rings. The lowest BCUT2D eigenvalue weighted by Crippen LogP contribution is -2.19. The number of halogens is 2. The number of carbonyl (C=O) groups excluding carboxylic acids is 1. The first-order valence-corrected chi connectivity index (χ1v) is 7.39. The van der Waals surface area contributed by atoms with Gasteiger partial charge in [-0.1, -0.05) is 23.2 Å². The van der Waals surface area contributed by atoms with E-state index >= 15 is 0 Å². The number of nitrogens with zero attached hydrogens (tertiary/aromatic N) is 2. The molecule has 1 amide bonds. The molecule has 0 fully saturated rings. The van der Waals surface area contributed by atoms with Gasteiger partial charge in [-0.25, -0.2) is 0 Å². The Morgan fingerprint density at radius 2 is 1.86 bits per heavy atom. The number of hydrogen-bond acceptors (Lipinski definition) is 2. The molecule has 112 valence electrons. The Labute approximate surface area is 134 Å². The van der Waals surface area contributed by atoms with Gasteiger partial charge < -0.3 is 5.32 Å². The van der Waals surface area contributed by atoms with E-state index in [4.69, 9.17) is 23.2 Å². The molecule has 0 saturated carbocycles. The highest BCUT2D eigenvalue weighted by molar-refractivity contribution is 6.35. The predicted octanol–water partition coefficient (Wildman–Crippen LogP) is 4.40. The molecule has 0 spiro atoms. The number of aryl methyl sites for hydroxylation is 2. The standard InChI is InChI=1S/C15H17Cl2N3O/c1-9-4-10(2)20(19-9)11(3)5-15(21)18-14-7-12(16)6-13(17)8-14/h4,6-8,11H,5H2,1-3H3,(H,18,21). The van der Waals surface area contributed by atoms with Crippen LogP contribution in [0.25, 0.3) is 0 Å². The van der Waals surface area contributed by atoms with Crippen LogP contribution in [0.2, 0.25) is 10.0 Å². The summed E-state index contributed by atoms with van der Waals surface area (Å²) >= 11 is 11.8. The number of anilines is 1. The second-order valence-electron chi connectivity index (χ2n) is 5.13. The smallest absolute Gasteiger partial charge is 0.226 e. The van der Waals surface area contributed by atoms with Gasteiger partial charge in [0.15, 0.2) is 0 Å². The van der Waals surface area contributed by atoms with E-state index in [0.717, 1.165) is 11.4 Å². The highest BCUT2D eigenvalue weighted by atomic mass is 35.5. The van der Waals surface area contributed by atoms with Crippen LogP contribution in [0.5, 0.6) is 0 Å². The molecule has 4 nitrogen and oxygen atoms in total. The van der Waals surface area contributed by atoms with Crippen LogP contribution < -0.4 is 5.32 Å². The van der Waals surface area contributed by atoms with Crippen molar-refractivity contribution in [1.82, 2.24) is 9.78 Å². The zero-order valence-electron chi connectivity index (χ0n) is 12.2. The Hall–Kier alpha value is -1.52. The molecule has 1 heterocycles. The molecule has 1 atom stereocenters. The van der Waals surface area contributed by atoms with Gasteiger partial charge in [0.1, 0.15) is 0 Å². The van der Waals surface area contributed by atoms with E-state index in [2.05, 4.69) is 10.4 Å². The minimum Gasteiger partial charge on any atom is -0.326 e. The second kappa shape index (κ2) is 6.50. The third kappa shape index (κ3) is 4.22. The summed E-state index contributed by atoms with van der Waals surface area (Å²) in [7, 11) is 0. The minimum atomic E-state index is -0.103. The number of carbonyl (C=O) groups is 1. The number of nitrogens with one attached hydrogen (secondary N) is 1. The van der Waals surface area contributed by atoms with Crippen LogP contribution in [0, 0.1) is 13.8 Å². The first kappa shape index (κ1) is 15.9. The van der Waals surface area contributed by atoms with E-state index in [0.29, 0.717) is 22.2 Å². The summed E-state index contributed by atoms with van der Waals surface area (Å²) in [5.74, 6) is -0.103. The van der Waals surface area contributed by atoms with Crippen LogP contribution in [0.1, 0.15) is 30.8 Å². The number of amides is 1. The summed E-state index contributed by atoms with van der Waals surface area (Å²) in [6, 6.07) is 6.93. The molecule has 1 aromatic heterocycles. The molecule has 0 saturated heterocycles. The summed E-state index contributed by atoms with van der Waals surface area (Å²) in [6.45, 7) is 5.87. The van der Waals surface area contributed by atoms with Crippen LogP contribution in [-0.4, -0.2) is 15.7 Å². The zero-order valence-corrected chi connectivity index (χ0v) is 13.7. The summed E-state index contributed by atoms with van der Waals surface area (Å²) in [4.78, 5) is 12.1. The summed E-state index contributed by atoms with van der Waals surface area (Å²) in [6.07, 6.45) is 0.325. The number of hydrogen-bond donors (Lipinski definition) is 1. The number of aromatic nitrogens is 2. The Bertz CT molecular complexity index is 647. The van der Waals surface area contributed by atoms with E-state index in [1.54, 1.807) is 18.2 Å². The van der Waals surface area contributed by atoms with Crippen LogP contribution in [0.4, 0.5) is 5.69 Å². The average Bonchev–Trinajstić information content (AvgIpc) is 2.66. The molecule has 0 radical (unpaired) electrons. The van der Waals surface area contributed by atoms with Crippen molar-refractivity contribution >= 4 is 34.8 Å². The van der Waals surface area contributed by atoms with Crippen molar-refractivity contribution < 1.29 is 4.79 Å². The van der Waals surface area contributed by atoms with E-state index in [1.165, 1.54) is 0 Å². The van der Waals surface area contributed by atoms with E-state index in [1.807, 2.05) is 31.5 Å². The van der Waals surface area contributed by atoms with Gasteiger partial charge in [0.25, 0.3) is 0 Å². The maximum atomic E-state index is 12.1. The van der Waals surface area contributed by atoms with Gasteiger partial charge in [0.05, 0.1) is 11.7 Å². The highest BCUT2D eigenvalue weighted by Crippen LogP contribution is 2.23. The summed E-state index contributed by atoms with van der Waals surface area (Å²) in [5, 5.41) is 8.17. The van der Waals surface area contributed by atoms with Crippen LogP contribution in [0.3, 0.4) is 0 Å². The molecular weight excluding hydrogens is 309 g/mol. The maximum Gasteiger partial charge on any atom is 0.226 e. The van der Waals surface area contributed by atoms with Crippen molar-refractivity contribution in [3.05, 3.63) is 45.7 Å². The molecule has 2 rings (SSSR count). The molecule has 0 aliphatic heterocycles. The Balaban J connectivity index is 2.03. The third-order valence-electron chi connectivity index (χ3n) is 3.09. The summed E-state index contributed by atoms with van der Waals surface area (Å²) < 4.78 is 1.86. The first-order valence-electron chi connectivity index (χ1n) is 6.64. The average molecular weight is 326 g/mol. The third-order valence-corrected chi connectivity index (χ3v) is 3.53. The van der Waals surface area contributed by atoms with Crippen molar-refractivity contribution in [2.45, 2.75) is 33.2 Å². The summed E-state index contributed by atoms with van der Waals surface area (Å²) in [5.41, 5.74) is 2.58. The van der Waals surface area contributed by atoms with Crippen molar-refractivity contribution in [2.24, 2.45) is 0 Å². The van der Waals surface area contributed by atoms with Crippen LogP contribution in [-0.2, 0) is 4.79 Å². The SMILES string of the molecule is Cc1cc(C)n(C(C)CC(=O)Nc2cc(Cl)cc(Cl)c2)n1. The first-order chi connectivity index (χ1) is 9.85. The zero-order chi connectivity index (χ0) is 15.6. The monoisotopic (exact) mass is 325 g/mol. The Morgan fingerprint density at radius 3 is 2.38 bits per heavy atom. The molecule has 0 aliphatic carbocycles. The highest BCUT2D eigenvalue weighted by Gasteiger charge is 2.14. The molecule has 1 unspecified atom stereocenters. The fourth-order valence-electron chi connectivity index (χ4n) is 2.29. The van der Waals surface area contributed by atoms with Gasteiger partial charge in [-0.05, 0) is 45.0 Å². The quantitative estimate of drug-likeness (QED) is 0.905. The van der Waals surface area contributed by atoms with Gasteiger partial charge in [0, 0.05) is 27.8 Å². The van der Waals surface area contributed by atoms with Crippen molar-refractivity contribution in [1.29, 1.82) is 0 Å². The fraction of sp³-hybridized carbons (Fsp3) is 0.333. The van der Waals surface area contributed by atoms with Gasteiger partial charge in [0.2, 0.25) is 5.91 Å². The van der Waals surface area contributed by atoms with Crippen molar-refractivity contribution in [2.75, 3.05) is 5.32 Å². The van der Waals surface area contributed by atoms with Crippen LogP contribution >= 0.6 is 23.2 Å². The molecule has 1 N–H and O–H groups in total. The van der Waals surface area contributed by atoms with E-state index in [9.17, 15) is 4.79 Å². The van der Waals surface area contributed by atoms with Gasteiger partial charge in [-0.2, -0.15) is 5.10 Å². The van der Waals surface area contributed by atoms with Gasteiger partial charge >= 0.3 is 0 Å². The minimum absolute atomic E-state index is 0.0200. The number of benzene rings is 1. The lowest BCUT2D eigenvalue weighted by atomic mass is 10.2. The van der Waals surface area contributed by atoms with Crippen LogP contribution in [0.15, 0.2) is 24.3 Å². The van der Waals surface area contributed by atoms with E-state index in [-0.39, 0.29) is 11.9 Å². The largest absolute Gasteiger partial charge is 0.326 e. The normalized spacial score (nSPS) is 12.2. The molecule has 2 aromatic rings. The fourth-order valence-corrected chi connectivity index (χ4v) is 2.81. The lowest BCUT2D eigenvalue weighted by Gasteiger charge is -2.14. The lowest BCUT2D eigenvalue weighted by molar-refractivity contribution is -0.116. The number of rotatable bonds is 4. The Morgan fingerprint density at radius 1 is 1.24 bits per heavy atom. The second-order valence-corrected chi connectivity index (χ2v) is 6.00.